The molecule has 0 bridgehead atoms. The number of benzene rings is 1. The third kappa shape index (κ3) is 3.90. The van der Waals surface area contributed by atoms with E-state index in [2.05, 4.69) is 0 Å². The summed E-state index contributed by atoms with van der Waals surface area (Å²) in [7, 11) is 1.44. The number of anilines is 1. The van der Waals surface area contributed by atoms with Crippen molar-refractivity contribution in [3.63, 3.8) is 0 Å². The van der Waals surface area contributed by atoms with E-state index in [9.17, 15) is 17.6 Å². The van der Waals surface area contributed by atoms with Crippen LogP contribution < -0.4 is 10.6 Å². The highest BCUT2D eigenvalue weighted by atomic mass is 19.4. The van der Waals surface area contributed by atoms with Crippen LogP contribution in [0, 0.1) is 11.2 Å². The van der Waals surface area contributed by atoms with Gasteiger partial charge in [-0.2, -0.15) is 13.2 Å². The van der Waals surface area contributed by atoms with E-state index < -0.39 is 18.4 Å². The number of rotatable bonds is 4. The molecule has 0 aliphatic heterocycles. The average Bonchev–Trinajstić information content (AvgIpc) is 2.24. The van der Waals surface area contributed by atoms with Gasteiger partial charge in [0.25, 0.3) is 0 Å². The minimum absolute atomic E-state index is 0.0830. The molecule has 0 radical (unpaired) electrons. The molecule has 0 aliphatic carbocycles. The molecule has 18 heavy (non-hydrogen) atoms. The molecule has 0 aromatic heterocycles. The Morgan fingerprint density at radius 1 is 1.39 bits per heavy atom. The molecule has 3 nitrogen and oxygen atoms in total. The van der Waals surface area contributed by atoms with Crippen LogP contribution in [0.1, 0.15) is 12.0 Å². The molecule has 1 aromatic carbocycles. The largest absolute Gasteiger partial charge is 0.390 e. The zero-order valence-electron chi connectivity index (χ0n) is 9.68. The SMILES string of the molecule is CN(CCC(F)(F)F)c1ccc(F)cc1C(=N)N. The van der Waals surface area contributed by atoms with Gasteiger partial charge in [-0.3, -0.25) is 5.41 Å². The molecule has 0 heterocycles. The fourth-order valence-electron chi connectivity index (χ4n) is 1.47. The van der Waals surface area contributed by atoms with E-state index in [4.69, 9.17) is 11.1 Å². The molecule has 1 aromatic rings. The molecule has 0 saturated heterocycles. The molecular weight excluding hydrogens is 250 g/mol. The summed E-state index contributed by atoms with van der Waals surface area (Å²) in [5, 5.41) is 7.28. The van der Waals surface area contributed by atoms with Crippen molar-refractivity contribution in [2.24, 2.45) is 5.73 Å². The van der Waals surface area contributed by atoms with Crippen LogP contribution in [0.2, 0.25) is 0 Å². The topological polar surface area (TPSA) is 53.1 Å². The predicted octanol–water partition coefficient (Wildman–Crippen LogP) is 2.50. The first kappa shape index (κ1) is 14.3. The quantitative estimate of drug-likeness (QED) is 0.498. The highest BCUT2D eigenvalue weighted by molar-refractivity contribution is 6.00. The maximum Gasteiger partial charge on any atom is 0.390 e. The van der Waals surface area contributed by atoms with Gasteiger partial charge in [-0.05, 0) is 18.2 Å². The predicted molar refractivity (Wildman–Crippen MR) is 61.4 cm³/mol. The van der Waals surface area contributed by atoms with Crippen LogP contribution in [-0.4, -0.2) is 25.6 Å². The molecule has 3 N–H and O–H groups in total. The van der Waals surface area contributed by atoms with Gasteiger partial charge in [0, 0.05) is 24.8 Å². The van der Waals surface area contributed by atoms with Crippen molar-refractivity contribution >= 4 is 11.5 Å². The Hall–Kier alpha value is -1.79. The monoisotopic (exact) mass is 263 g/mol. The van der Waals surface area contributed by atoms with E-state index in [0.29, 0.717) is 5.69 Å². The molecule has 100 valence electrons. The molecule has 0 atom stereocenters. The van der Waals surface area contributed by atoms with E-state index >= 15 is 0 Å². The number of amidine groups is 1. The van der Waals surface area contributed by atoms with E-state index in [0.717, 1.165) is 12.1 Å². The summed E-state index contributed by atoms with van der Waals surface area (Å²) >= 11 is 0. The normalized spacial score (nSPS) is 11.4. The molecule has 7 heteroatoms. The molecule has 0 unspecified atom stereocenters. The van der Waals surface area contributed by atoms with Gasteiger partial charge >= 0.3 is 6.18 Å². The zero-order chi connectivity index (χ0) is 13.9. The second kappa shape index (κ2) is 5.24. The Balaban J connectivity index is 2.91. The van der Waals surface area contributed by atoms with Crippen molar-refractivity contribution in [1.29, 1.82) is 5.41 Å². The minimum atomic E-state index is -4.26. The number of nitrogens with zero attached hydrogens (tertiary/aromatic N) is 1. The van der Waals surface area contributed by atoms with Crippen LogP contribution in [0.3, 0.4) is 0 Å². The van der Waals surface area contributed by atoms with Gasteiger partial charge in [0.05, 0.1) is 6.42 Å². The van der Waals surface area contributed by atoms with Crippen LogP contribution in [0.4, 0.5) is 23.2 Å². The number of hydrogen-bond acceptors (Lipinski definition) is 2. The average molecular weight is 263 g/mol. The summed E-state index contributed by atoms with van der Waals surface area (Å²) in [5.74, 6) is -0.975. The summed E-state index contributed by atoms with van der Waals surface area (Å²) in [4.78, 5) is 1.30. The lowest BCUT2D eigenvalue weighted by Gasteiger charge is -2.22. The zero-order valence-corrected chi connectivity index (χ0v) is 9.68. The van der Waals surface area contributed by atoms with Crippen molar-refractivity contribution in [1.82, 2.24) is 0 Å². The standard InChI is InChI=1S/C11H13F4N3/c1-18(5-4-11(13,14)15)9-3-2-7(12)6-8(9)10(16)17/h2-3,6H,4-5H2,1H3,(H3,16,17). The smallest absolute Gasteiger partial charge is 0.384 e. The lowest BCUT2D eigenvalue weighted by atomic mass is 10.1. The van der Waals surface area contributed by atoms with Gasteiger partial charge in [-0.25, -0.2) is 4.39 Å². The van der Waals surface area contributed by atoms with Gasteiger partial charge in [0.15, 0.2) is 0 Å². The number of nitrogens with one attached hydrogen (secondary N) is 1. The van der Waals surface area contributed by atoms with E-state index in [1.807, 2.05) is 0 Å². The molecular formula is C11H13F4N3. The third-order valence-corrected chi connectivity index (χ3v) is 2.39. The lowest BCUT2D eigenvalue weighted by Crippen LogP contribution is -2.26. The summed E-state index contributed by atoms with van der Waals surface area (Å²) in [6.45, 7) is -0.282. The molecule has 0 spiro atoms. The van der Waals surface area contributed by atoms with E-state index in [-0.39, 0.29) is 17.9 Å². The van der Waals surface area contributed by atoms with Gasteiger partial charge in [-0.1, -0.05) is 0 Å². The molecule has 0 fully saturated rings. The Bertz CT molecular complexity index is 442. The lowest BCUT2D eigenvalue weighted by molar-refractivity contribution is -0.132. The number of alkyl halides is 3. The van der Waals surface area contributed by atoms with Crippen LogP contribution >= 0.6 is 0 Å². The van der Waals surface area contributed by atoms with Crippen LogP contribution in [-0.2, 0) is 0 Å². The van der Waals surface area contributed by atoms with Crippen molar-refractivity contribution in [3.8, 4) is 0 Å². The van der Waals surface area contributed by atoms with Crippen molar-refractivity contribution < 1.29 is 17.6 Å². The Morgan fingerprint density at radius 2 is 2.00 bits per heavy atom. The van der Waals surface area contributed by atoms with Crippen LogP contribution in [0.25, 0.3) is 0 Å². The Kier molecular flexibility index (Phi) is 4.15. The highest BCUT2D eigenvalue weighted by Gasteiger charge is 2.27. The second-order valence-electron chi connectivity index (χ2n) is 3.86. The van der Waals surface area contributed by atoms with Crippen molar-refractivity contribution in [2.45, 2.75) is 12.6 Å². The molecule has 1 rings (SSSR count). The summed E-state index contributed by atoms with van der Waals surface area (Å²) < 4.78 is 49.3. The number of hydrogen-bond donors (Lipinski definition) is 2. The molecule has 0 amide bonds. The molecule has 0 aliphatic rings. The summed E-state index contributed by atoms with van der Waals surface area (Å²) in [6.07, 6.45) is -5.25. The van der Waals surface area contributed by atoms with Gasteiger partial charge in [0.2, 0.25) is 0 Å². The first-order valence-electron chi connectivity index (χ1n) is 5.12. The van der Waals surface area contributed by atoms with E-state index in [1.165, 1.54) is 18.0 Å². The number of nitrogen functional groups attached to an aromatic ring is 1. The van der Waals surface area contributed by atoms with E-state index in [1.54, 1.807) is 0 Å². The summed E-state index contributed by atoms with van der Waals surface area (Å²) in [5.41, 5.74) is 5.65. The van der Waals surface area contributed by atoms with Gasteiger partial charge in [0.1, 0.15) is 11.7 Å². The first-order chi connectivity index (χ1) is 8.20. The molecule has 0 saturated carbocycles. The minimum Gasteiger partial charge on any atom is -0.384 e. The fourth-order valence-corrected chi connectivity index (χ4v) is 1.47. The highest BCUT2D eigenvalue weighted by Crippen LogP contribution is 2.24. The van der Waals surface area contributed by atoms with Gasteiger partial charge < -0.3 is 10.6 Å². The van der Waals surface area contributed by atoms with Crippen LogP contribution in [0.5, 0.6) is 0 Å². The maximum atomic E-state index is 13.0. The van der Waals surface area contributed by atoms with Crippen molar-refractivity contribution in [3.05, 3.63) is 29.6 Å². The third-order valence-electron chi connectivity index (χ3n) is 2.39. The number of halogens is 4. The fraction of sp³-hybridized carbons (Fsp3) is 0.364. The number of nitrogens with two attached hydrogens (primary N) is 1. The van der Waals surface area contributed by atoms with Crippen LogP contribution in [0.15, 0.2) is 18.2 Å². The maximum absolute atomic E-state index is 13.0. The first-order valence-corrected chi connectivity index (χ1v) is 5.12. The summed E-state index contributed by atoms with van der Waals surface area (Å²) in [6, 6.07) is 3.45. The van der Waals surface area contributed by atoms with Gasteiger partial charge in [-0.15, -0.1) is 0 Å². The Morgan fingerprint density at radius 3 is 2.50 bits per heavy atom. The second-order valence-corrected chi connectivity index (χ2v) is 3.86. The van der Waals surface area contributed by atoms with Crippen molar-refractivity contribution in [2.75, 3.05) is 18.5 Å². The Labute approximate surface area is 102 Å².